The largest absolute Gasteiger partial charge is 0.330 e. The van der Waals surface area contributed by atoms with Crippen molar-refractivity contribution >= 4 is 0 Å². The molecule has 1 aliphatic rings. The van der Waals surface area contributed by atoms with Gasteiger partial charge in [-0.1, -0.05) is 6.92 Å². The van der Waals surface area contributed by atoms with Gasteiger partial charge in [0.1, 0.15) is 0 Å². The minimum Gasteiger partial charge on any atom is -0.330 e. The van der Waals surface area contributed by atoms with Gasteiger partial charge in [0.05, 0.1) is 0 Å². The van der Waals surface area contributed by atoms with E-state index in [0.29, 0.717) is 0 Å². The van der Waals surface area contributed by atoms with E-state index in [2.05, 4.69) is 6.92 Å². The van der Waals surface area contributed by atoms with Crippen molar-refractivity contribution in [3.8, 4) is 0 Å². The molecule has 0 heterocycles. The number of rotatable bonds is 1. The first-order valence-corrected chi connectivity index (χ1v) is 3.03. The molecule has 0 aromatic carbocycles. The van der Waals surface area contributed by atoms with Crippen molar-refractivity contribution in [2.45, 2.75) is 19.8 Å². The molecule has 0 aliphatic heterocycles. The Bertz CT molecular complexity index is 55.2. The molecular formula is C6H13N. The maximum absolute atomic E-state index is 5.40. The molecule has 1 saturated carbocycles. The lowest BCUT2D eigenvalue weighted by atomic mass is 9.76. The molecule has 0 aromatic heterocycles. The van der Waals surface area contributed by atoms with Gasteiger partial charge in [-0.25, -0.2) is 0 Å². The number of nitrogens with two attached hydrogens (primary N) is 1. The van der Waals surface area contributed by atoms with Crippen LogP contribution in [0, 0.1) is 11.8 Å². The third-order valence-corrected chi connectivity index (χ3v) is 1.80. The molecule has 2 N–H and O–H groups in total. The van der Waals surface area contributed by atoms with Crippen molar-refractivity contribution in [1.29, 1.82) is 0 Å². The van der Waals surface area contributed by atoms with Crippen LogP contribution >= 0.6 is 0 Å². The lowest BCUT2D eigenvalue weighted by Gasteiger charge is -2.31. The highest BCUT2D eigenvalue weighted by molar-refractivity contribution is 4.75. The summed E-state index contributed by atoms with van der Waals surface area (Å²) in [5.41, 5.74) is 5.40. The normalized spacial score (nSPS) is 40.3. The zero-order valence-corrected chi connectivity index (χ0v) is 4.85. The maximum atomic E-state index is 5.40. The maximum Gasteiger partial charge on any atom is -0.00487 e. The van der Waals surface area contributed by atoms with Gasteiger partial charge >= 0.3 is 0 Å². The Kier molecular flexibility index (Phi) is 1.33. The fourth-order valence-electron chi connectivity index (χ4n) is 1.26. The summed E-state index contributed by atoms with van der Waals surface area (Å²) < 4.78 is 0. The van der Waals surface area contributed by atoms with Gasteiger partial charge in [-0.15, -0.1) is 0 Å². The number of hydrogen-bond acceptors (Lipinski definition) is 1. The Morgan fingerprint density at radius 2 is 2.14 bits per heavy atom. The second-order valence-corrected chi connectivity index (χ2v) is 2.68. The molecule has 0 spiro atoms. The van der Waals surface area contributed by atoms with Crippen molar-refractivity contribution in [2.24, 2.45) is 17.6 Å². The Balaban J connectivity index is 2.06. The lowest BCUT2D eigenvalue weighted by molar-refractivity contribution is 0.220. The second kappa shape index (κ2) is 1.83. The van der Waals surface area contributed by atoms with Crippen LogP contribution in [0.3, 0.4) is 0 Å². The fraction of sp³-hybridized carbons (Fsp3) is 1.00. The van der Waals surface area contributed by atoms with Gasteiger partial charge in [0.2, 0.25) is 0 Å². The topological polar surface area (TPSA) is 26.0 Å². The van der Waals surface area contributed by atoms with Gasteiger partial charge in [-0.3, -0.25) is 0 Å². The van der Waals surface area contributed by atoms with Crippen molar-refractivity contribution in [1.82, 2.24) is 0 Å². The van der Waals surface area contributed by atoms with E-state index in [9.17, 15) is 0 Å². The smallest absolute Gasteiger partial charge is 0.00487 e. The first-order chi connectivity index (χ1) is 3.33. The summed E-state index contributed by atoms with van der Waals surface area (Å²) in [6, 6.07) is 0. The molecule has 1 nitrogen and oxygen atoms in total. The van der Waals surface area contributed by atoms with Gasteiger partial charge in [-0.05, 0) is 31.2 Å². The van der Waals surface area contributed by atoms with E-state index >= 15 is 0 Å². The molecule has 0 bridgehead atoms. The minimum absolute atomic E-state index is 0.870. The van der Waals surface area contributed by atoms with E-state index in [1.54, 1.807) is 0 Å². The molecule has 7 heavy (non-hydrogen) atoms. The third kappa shape index (κ3) is 0.942. The zero-order valence-electron chi connectivity index (χ0n) is 4.85. The van der Waals surface area contributed by atoms with E-state index < -0.39 is 0 Å². The molecule has 0 unspecified atom stereocenters. The Morgan fingerprint density at radius 3 is 2.29 bits per heavy atom. The molecule has 1 heteroatoms. The van der Waals surface area contributed by atoms with E-state index in [-0.39, 0.29) is 0 Å². The van der Waals surface area contributed by atoms with Crippen LogP contribution in [0.15, 0.2) is 0 Å². The molecule has 1 fully saturated rings. The standard InChI is InChI=1S/C6H13N/c1-5-2-6(3-5)4-7/h5-6H,2-4,7H2,1H3. The van der Waals surface area contributed by atoms with E-state index in [1.165, 1.54) is 12.8 Å². The first kappa shape index (κ1) is 5.10. The molecule has 0 aromatic rings. The summed E-state index contributed by atoms with van der Waals surface area (Å²) in [5, 5.41) is 0. The van der Waals surface area contributed by atoms with Gasteiger partial charge in [0.25, 0.3) is 0 Å². The predicted octanol–water partition coefficient (Wildman–Crippen LogP) is 0.991. The van der Waals surface area contributed by atoms with Gasteiger partial charge in [0, 0.05) is 0 Å². The summed E-state index contributed by atoms with van der Waals surface area (Å²) in [6.45, 7) is 3.19. The average Bonchev–Trinajstić information content (AvgIpc) is 1.58. The number of hydrogen-bond donors (Lipinski definition) is 1. The molecule has 1 rings (SSSR count). The molecule has 0 radical (unpaired) electrons. The summed E-state index contributed by atoms with van der Waals surface area (Å²) >= 11 is 0. The third-order valence-electron chi connectivity index (χ3n) is 1.80. The molecule has 0 atom stereocenters. The first-order valence-electron chi connectivity index (χ1n) is 3.03. The van der Waals surface area contributed by atoms with Crippen molar-refractivity contribution in [2.75, 3.05) is 6.54 Å². The second-order valence-electron chi connectivity index (χ2n) is 2.68. The average molecular weight is 99.2 g/mol. The zero-order chi connectivity index (χ0) is 5.28. The van der Waals surface area contributed by atoms with Crippen LogP contribution in [-0.2, 0) is 0 Å². The van der Waals surface area contributed by atoms with Gasteiger partial charge in [-0.2, -0.15) is 0 Å². The van der Waals surface area contributed by atoms with E-state index in [1.807, 2.05) is 0 Å². The van der Waals surface area contributed by atoms with Crippen LogP contribution in [0.1, 0.15) is 19.8 Å². The molecule has 0 amide bonds. The van der Waals surface area contributed by atoms with Crippen LogP contribution < -0.4 is 5.73 Å². The quantitative estimate of drug-likeness (QED) is 0.521. The van der Waals surface area contributed by atoms with Crippen LogP contribution in [0.4, 0.5) is 0 Å². The highest BCUT2D eigenvalue weighted by Crippen LogP contribution is 2.31. The highest BCUT2D eigenvalue weighted by Gasteiger charge is 2.22. The summed E-state index contributed by atoms with van der Waals surface area (Å²) in [6.07, 6.45) is 2.74. The molecule has 1 aliphatic carbocycles. The fourth-order valence-corrected chi connectivity index (χ4v) is 1.26. The Morgan fingerprint density at radius 1 is 1.57 bits per heavy atom. The lowest BCUT2D eigenvalue weighted by Crippen LogP contribution is -2.27. The van der Waals surface area contributed by atoms with Crippen LogP contribution in [0.2, 0.25) is 0 Å². The SMILES string of the molecule is CC1CC(CN)C1. The Hall–Kier alpha value is -0.0400. The van der Waals surface area contributed by atoms with E-state index in [4.69, 9.17) is 5.73 Å². The van der Waals surface area contributed by atoms with Crippen LogP contribution in [-0.4, -0.2) is 6.54 Å². The van der Waals surface area contributed by atoms with Gasteiger partial charge < -0.3 is 5.73 Å². The van der Waals surface area contributed by atoms with E-state index in [0.717, 1.165) is 18.4 Å². The Labute approximate surface area is 44.9 Å². The highest BCUT2D eigenvalue weighted by atomic mass is 14.6. The predicted molar refractivity (Wildman–Crippen MR) is 30.9 cm³/mol. The van der Waals surface area contributed by atoms with Crippen LogP contribution in [0.25, 0.3) is 0 Å². The minimum atomic E-state index is 0.870. The van der Waals surface area contributed by atoms with Gasteiger partial charge in [0.15, 0.2) is 0 Å². The van der Waals surface area contributed by atoms with Crippen molar-refractivity contribution in [3.63, 3.8) is 0 Å². The van der Waals surface area contributed by atoms with Crippen molar-refractivity contribution < 1.29 is 0 Å². The molecule has 0 saturated heterocycles. The molecule has 42 valence electrons. The summed E-state index contributed by atoms with van der Waals surface area (Å²) in [5.74, 6) is 1.84. The molecular weight excluding hydrogens is 86.1 g/mol. The monoisotopic (exact) mass is 99.1 g/mol. The summed E-state index contributed by atoms with van der Waals surface area (Å²) in [7, 11) is 0. The summed E-state index contributed by atoms with van der Waals surface area (Å²) in [4.78, 5) is 0. The van der Waals surface area contributed by atoms with Crippen LogP contribution in [0.5, 0.6) is 0 Å². The van der Waals surface area contributed by atoms with Crippen molar-refractivity contribution in [3.05, 3.63) is 0 Å².